The molecule has 0 saturated heterocycles. The first-order chi connectivity index (χ1) is 8.17. The summed E-state index contributed by atoms with van der Waals surface area (Å²) in [5.74, 6) is 0.0818. The van der Waals surface area contributed by atoms with Crippen molar-refractivity contribution in [1.82, 2.24) is 0 Å². The molecular weight excluding hydrogens is 218 g/mol. The molecule has 0 bridgehead atoms. The van der Waals surface area contributed by atoms with Gasteiger partial charge in [0.25, 0.3) is 0 Å². The molecule has 0 heterocycles. The van der Waals surface area contributed by atoms with Crippen LogP contribution in [0.3, 0.4) is 0 Å². The number of rotatable bonds is 7. The van der Waals surface area contributed by atoms with Crippen molar-refractivity contribution in [3.8, 4) is 5.75 Å². The Labute approximate surface area is 101 Å². The van der Waals surface area contributed by atoms with Gasteiger partial charge in [0.15, 0.2) is 0 Å². The molecule has 1 rings (SSSR count). The van der Waals surface area contributed by atoms with Crippen LogP contribution < -0.4 is 10.5 Å². The van der Waals surface area contributed by atoms with Crippen LogP contribution in [0.5, 0.6) is 5.75 Å². The van der Waals surface area contributed by atoms with Crippen molar-refractivity contribution in [3.05, 3.63) is 29.8 Å². The summed E-state index contributed by atoms with van der Waals surface area (Å²) in [5, 5.41) is 8.84. The van der Waals surface area contributed by atoms with E-state index in [1.165, 1.54) is 6.07 Å². The minimum Gasteiger partial charge on any atom is -0.493 e. The fraction of sp³-hybridized carbons (Fsp3) is 0.462. The summed E-state index contributed by atoms with van der Waals surface area (Å²) in [4.78, 5) is 10.8. The van der Waals surface area contributed by atoms with E-state index in [9.17, 15) is 4.79 Å². The fourth-order valence-corrected chi connectivity index (χ4v) is 1.57. The van der Waals surface area contributed by atoms with Gasteiger partial charge in [-0.2, -0.15) is 0 Å². The molecule has 0 fully saturated rings. The summed E-state index contributed by atoms with van der Waals surface area (Å²) < 4.78 is 5.58. The number of ether oxygens (including phenoxy) is 1. The first-order valence-corrected chi connectivity index (χ1v) is 5.83. The second-order valence-corrected chi connectivity index (χ2v) is 4.00. The van der Waals surface area contributed by atoms with Gasteiger partial charge in [0.2, 0.25) is 0 Å². The summed E-state index contributed by atoms with van der Waals surface area (Å²) in [6.07, 6.45) is 1.94. The lowest BCUT2D eigenvalue weighted by molar-refractivity contribution is 0.0696. The molecule has 1 aromatic carbocycles. The Morgan fingerprint density at radius 2 is 2.29 bits per heavy atom. The van der Waals surface area contributed by atoms with E-state index in [0.29, 0.717) is 24.8 Å². The Morgan fingerprint density at radius 3 is 2.88 bits per heavy atom. The van der Waals surface area contributed by atoms with Crippen LogP contribution in [0.15, 0.2) is 24.3 Å². The van der Waals surface area contributed by atoms with Crippen molar-refractivity contribution >= 4 is 5.97 Å². The second kappa shape index (κ2) is 6.91. The van der Waals surface area contributed by atoms with Gasteiger partial charge in [-0.05, 0) is 37.1 Å². The van der Waals surface area contributed by atoms with Crippen LogP contribution in [0.2, 0.25) is 0 Å². The molecule has 0 spiro atoms. The summed E-state index contributed by atoms with van der Waals surface area (Å²) in [6.45, 7) is 3.32. The first kappa shape index (κ1) is 13.5. The minimum absolute atomic E-state index is 0.245. The average molecular weight is 237 g/mol. The van der Waals surface area contributed by atoms with E-state index >= 15 is 0 Å². The van der Waals surface area contributed by atoms with Gasteiger partial charge in [0.05, 0.1) is 12.2 Å². The highest BCUT2D eigenvalue weighted by Gasteiger charge is 2.08. The average Bonchev–Trinajstić information content (AvgIpc) is 2.34. The standard InChI is InChI=1S/C13H19NO3/c1-2-10(6-7-14)9-17-12-5-3-4-11(8-12)13(15)16/h3-5,8,10H,2,6-7,9,14H2,1H3,(H,15,16). The van der Waals surface area contributed by atoms with E-state index in [-0.39, 0.29) is 5.56 Å². The van der Waals surface area contributed by atoms with Gasteiger partial charge < -0.3 is 15.6 Å². The third-order valence-electron chi connectivity index (χ3n) is 2.72. The zero-order valence-electron chi connectivity index (χ0n) is 10.1. The number of carboxylic acid groups (broad SMARTS) is 1. The Hall–Kier alpha value is -1.55. The molecule has 4 heteroatoms. The maximum Gasteiger partial charge on any atom is 0.335 e. The number of aromatic carboxylic acids is 1. The molecule has 1 aromatic rings. The van der Waals surface area contributed by atoms with Gasteiger partial charge in [0.1, 0.15) is 5.75 Å². The molecule has 0 radical (unpaired) electrons. The number of carboxylic acids is 1. The second-order valence-electron chi connectivity index (χ2n) is 4.00. The van der Waals surface area contributed by atoms with Crippen molar-refractivity contribution < 1.29 is 14.6 Å². The highest BCUT2D eigenvalue weighted by atomic mass is 16.5. The number of carbonyl (C=O) groups is 1. The van der Waals surface area contributed by atoms with Gasteiger partial charge >= 0.3 is 5.97 Å². The number of hydrogen-bond donors (Lipinski definition) is 2. The van der Waals surface area contributed by atoms with Gasteiger partial charge in [-0.25, -0.2) is 4.79 Å². The molecule has 1 atom stereocenters. The van der Waals surface area contributed by atoms with E-state index in [1.54, 1.807) is 18.2 Å². The van der Waals surface area contributed by atoms with Crippen LogP contribution in [0.1, 0.15) is 30.1 Å². The lowest BCUT2D eigenvalue weighted by Gasteiger charge is -2.15. The fourth-order valence-electron chi connectivity index (χ4n) is 1.57. The summed E-state index contributed by atoms with van der Waals surface area (Å²) in [6, 6.07) is 6.54. The largest absolute Gasteiger partial charge is 0.493 e. The van der Waals surface area contributed by atoms with Gasteiger partial charge in [0, 0.05) is 0 Å². The van der Waals surface area contributed by atoms with Crippen molar-refractivity contribution in [1.29, 1.82) is 0 Å². The lowest BCUT2D eigenvalue weighted by Crippen LogP contribution is -2.15. The zero-order chi connectivity index (χ0) is 12.7. The SMILES string of the molecule is CCC(CCN)COc1cccc(C(=O)O)c1. The molecule has 0 aliphatic carbocycles. The molecule has 0 amide bonds. The third kappa shape index (κ3) is 4.44. The van der Waals surface area contributed by atoms with E-state index in [2.05, 4.69) is 6.92 Å². The zero-order valence-corrected chi connectivity index (χ0v) is 10.1. The van der Waals surface area contributed by atoms with Gasteiger partial charge in [-0.15, -0.1) is 0 Å². The van der Waals surface area contributed by atoms with E-state index in [1.807, 2.05) is 0 Å². The Bertz CT molecular complexity index is 365. The first-order valence-electron chi connectivity index (χ1n) is 5.83. The predicted molar refractivity (Wildman–Crippen MR) is 66.3 cm³/mol. The van der Waals surface area contributed by atoms with Gasteiger partial charge in [-0.1, -0.05) is 19.4 Å². The van der Waals surface area contributed by atoms with Crippen molar-refractivity contribution in [2.75, 3.05) is 13.2 Å². The third-order valence-corrected chi connectivity index (χ3v) is 2.72. The summed E-state index contributed by atoms with van der Waals surface area (Å²) in [5.41, 5.74) is 5.75. The number of nitrogens with two attached hydrogens (primary N) is 1. The normalized spacial score (nSPS) is 12.1. The highest BCUT2D eigenvalue weighted by Crippen LogP contribution is 2.16. The smallest absolute Gasteiger partial charge is 0.335 e. The molecule has 4 nitrogen and oxygen atoms in total. The van der Waals surface area contributed by atoms with Crippen LogP contribution in [0.25, 0.3) is 0 Å². The Kier molecular flexibility index (Phi) is 5.49. The van der Waals surface area contributed by atoms with E-state index in [0.717, 1.165) is 12.8 Å². The molecule has 1 unspecified atom stereocenters. The van der Waals surface area contributed by atoms with Crippen LogP contribution in [0.4, 0.5) is 0 Å². The monoisotopic (exact) mass is 237 g/mol. The van der Waals surface area contributed by atoms with Crippen LogP contribution >= 0.6 is 0 Å². The highest BCUT2D eigenvalue weighted by molar-refractivity contribution is 5.87. The minimum atomic E-state index is -0.940. The maximum absolute atomic E-state index is 10.8. The molecule has 0 aromatic heterocycles. The summed E-state index contributed by atoms with van der Waals surface area (Å²) >= 11 is 0. The lowest BCUT2D eigenvalue weighted by atomic mass is 10.0. The molecule has 94 valence electrons. The van der Waals surface area contributed by atoms with Crippen molar-refractivity contribution in [2.45, 2.75) is 19.8 Å². The Balaban J connectivity index is 2.56. The van der Waals surface area contributed by atoms with Gasteiger partial charge in [-0.3, -0.25) is 0 Å². The van der Waals surface area contributed by atoms with Crippen LogP contribution in [0, 0.1) is 5.92 Å². The molecule has 0 aliphatic rings. The van der Waals surface area contributed by atoms with E-state index < -0.39 is 5.97 Å². The molecule has 17 heavy (non-hydrogen) atoms. The molecule has 0 saturated carbocycles. The number of hydrogen-bond acceptors (Lipinski definition) is 3. The van der Waals surface area contributed by atoms with Crippen molar-refractivity contribution in [3.63, 3.8) is 0 Å². The Morgan fingerprint density at radius 1 is 1.53 bits per heavy atom. The summed E-state index contributed by atoms with van der Waals surface area (Å²) in [7, 11) is 0. The van der Waals surface area contributed by atoms with E-state index in [4.69, 9.17) is 15.6 Å². The topological polar surface area (TPSA) is 72.5 Å². The molecular formula is C13H19NO3. The quantitative estimate of drug-likeness (QED) is 0.762. The van der Waals surface area contributed by atoms with Crippen LogP contribution in [-0.2, 0) is 0 Å². The van der Waals surface area contributed by atoms with Crippen molar-refractivity contribution in [2.24, 2.45) is 11.7 Å². The maximum atomic E-state index is 10.8. The molecule has 3 N–H and O–H groups in total. The number of benzene rings is 1. The van der Waals surface area contributed by atoms with Crippen LogP contribution in [-0.4, -0.2) is 24.2 Å². The molecule has 0 aliphatic heterocycles. The predicted octanol–water partition coefficient (Wildman–Crippen LogP) is 2.14.